The van der Waals surface area contributed by atoms with E-state index in [1.165, 1.54) is 6.20 Å². The number of hydrogen-bond acceptors (Lipinski definition) is 3. The average molecular weight is 288 g/mol. The molecular weight excluding hydrogens is 276 g/mol. The maximum absolute atomic E-state index is 11.3. The number of fused-ring (bicyclic) bond motifs is 1. The number of benzene rings is 2. The van der Waals surface area contributed by atoms with Crippen LogP contribution < -0.4 is 5.69 Å². The van der Waals surface area contributed by atoms with Gasteiger partial charge in [-0.3, -0.25) is 4.57 Å². The molecule has 0 aliphatic carbocycles. The van der Waals surface area contributed by atoms with E-state index in [1.807, 2.05) is 53.1 Å². The van der Waals surface area contributed by atoms with Crippen LogP contribution in [-0.4, -0.2) is 19.5 Å². The smallest absolute Gasteiger partial charge is 0.305 e. The maximum Gasteiger partial charge on any atom is 0.345 e. The highest BCUT2D eigenvalue weighted by Crippen LogP contribution is 2.23. The summed E-state index contributed by atoms with van der Waals surface area (Å²) in [5.74, 6) is 0. The first-order valence-electron chi connectivity index (χ1n) is 6.89. The number of nitrogens with one attached hydrogen (secondary N) is 1. The fourth-order valence-corrected chi connectivity index (χ4v) is 2.51. The van der Waals surface area contributed by atoms with Crippen molar-refractivity contribution in [2.24, 2.45) is 0 Å². The van der Waals surface area contributed by atoms with Gasteiger partial charge in [0.1, 0.15) is 6.33 Å². The predicted octanol–water partition coefficient (Wildman–Crippen LogP) is 2.78. The second kappa shape index (κ2) is 4.96. The van der Waals surface area contributed by atoms with E-state index in [-0.39, 0.29) is 5.69 Å². The summed E-state index contributed by atoms with van der Waals surface area (Å²) in [6, 6.07) is 17.8. The van der Waals surface area contributed by atoms with Gasteiger partial charge in [-0.2, -0.15) is 0 Å². The normalized spacial score (nSPS) is 10.9. The largest absolute Gasteiger partial charge is 0.345 e. The zero-order chi connectivity index (χ0) is 14.9. The molecule has 0 saturated heterocycles. The molecule has 0 saturated carbocycles. The van der Waals surface area contributed by atoms with Crippen LogP contribution in [0.1, 0.15) is 0 Å². The van der Waals surface area contributed by atoms with Gasteiger partial charge in [-0.15, -0.1) is 0 Å². The fraction of sp³-hybridized carbons (Fsp3) is 0. The lowest BCUT2D eigenvalue weighted by atomic mass is 10.1. The molecule has 106 valence electrons. The van der Waals surface area contributed by atoms with E-state index in [0.29, 0.717) is 0 Å². The quantitative estimate of drug-likeness (QED) is 0.617. The van der Waals surface area contributed by atoms with E-state index in [9.17, 15) is 4.79 Å². The van der Waals surface area contributed by atoms with Gasteiger partial charge >= 0.3 is 5.69 Å². The summed E-state index contributed by atoms with van der Waals surface area (Å²) in [6.45, 7) is 0. The van der Waals surface area contributed by atoms with Gasteiger partial charge in [-0.05, 0) is 30.3 Å². The number of aromatic amines is 1. The van der Waals surface area contributed by atoms with Crippen LogP contribution >= 0.6 is 0 Å². The number of imidazole rings is 1. The summed E-state index contributed by atoms with van der Waals surface area (Å²) >= 11 is 0. The molecular formula is C17H12N4O. The Morgan fingerprint density at radius 2 is 1.82 bits per heavy atom. The molecule has 2 aromatic carbocycles. The Balaban J connectivity index is 1.86. The van der Waals surface area contributed by atoms with Crippen LogP contribution in [0.2, 0.25) is 0 Å². The van der Waals surface area contributed by atoms with Crippen LogP contribution in [0.5, 0.6) is 0 Å². The molecule has 0 aliphatic heterocycles. The van der Waals surface area contributed by atoms with Crippen LogP contribution in [-0.2, 0) is 0 Å². The van der Waals surface area contributed by atoms with Crippen molar-refractivity contribution in [3.05, 3.63) is 77.6 Å². The summed E-state index contributed by atoms with van der Waals surface area (Å²) < 4.78 is 2.04. The molecule has 22 heavy (non-hydrogen) atoms. The number of H-pyrrole nitrogens is 1. The minimum absolute atomic E-state index is 0.354. The maximum atomic E-state index is 11.3. The lowest BCUT2D eigenvalue weighted by molar-refractivity contribution is 1.08. The van der Waals surface area contributed by atoms with Crippen molar-refractivity contribution < 1.29 is 0 Å². The molecule has 4 aromatic rings. The van der Waals surface area contributed by atoms with Crippen molar-refractivity contribution in [1.82, 2.24) is 19.5 Å². The van der Waals surface area contributed by atoms with Gasteiger partial charge in [-0.25, -0.2) is 14.8 Å². The molecule has 1 N–H and O–H groups in total. The Labute approximate surface area is 125 Å². The number of hydrogen-bond donors (Lipinski definition) is 1. The van der Waals surface area contributed by atoms with Gasteiger partial charge in [0.05, 0.1) is 16.7 Å². The molecule has 0 unspecified atom stereocenters. The van der Waals surface area contributed by atoms with Crippen LogP contribution in [0.4, 0.5) is 0 Å². The highest BCUT2D eigenvalue weighted by atomic mass is 16.1. The van der Waals surface area contributed by atoms with E-state index < -0.39 is 0 Å². The van der Waals surface area contributed by atoms with E-state index in [0.717, 1.165) is 28.0 Å². The molecule has 0 aliphatic rings. The molecule has 0 amide bonds. The van der Waals surface area contributed by atoms with E-state index in [4.69, 9.17) is 0 Å². The Morgan fingerprint density at radius 1 is 0.955 bits per heavy atom. The third-order valence-electron chi connectivity index (χ3n) is 3.57. The van der Waals surface area contributed by atoms with E-state index in [2.05, 4.69) is 15.0 Å². The summed E-state index contributed by atoms with van der Waals surface area (Å²) in [5.41, 5.74) is 4.24. The molecule has 0 atom stereocenters. The Hall–Kier alpha value is -3.21. The van der Waals surface area contributed by atoms with Crippen molar-refractivity contribution in [3.8, 4) is 16.9 Å². The Morgan fingerprint density at radius 3 is 2.64 bits per heavy atom. The first-order chi connectivity index (χ1) is 10.8. The third-order valence-corrected chi connectivity index (χ3v) is 3.57. The van der Waals surface area contributed by atoms with E-state index >= 15 is 0 Å². The van der Waals surface area contributed by atoms with Crippen LogP contribution in [0.15, 0.2) is 71.9 Å². The number of para-hydroxylation sites is 1. The second-order valence-corrected chi connectivity index (χ2v) is 4.94. The Kier molecular flexibility index (Phi) is 2.83. The highest BCUT2D eigenvalue weighted by Gasteiger charge is 2.07. The van der Waals surface area contributed by atoms with Gasteiger partial charge in [0.15, 0.2) is 0 Å². The summed E-state index contributed by atoms with van der Waals surface area (Å²) in [7, 11) is 0. The molecule has 5 heteroatoms. The molecule has 0 bridgehead atoms. The highest BCUT2D eigenvalue weighted by molar-refractivity contribution is 5.82. The molecule has 0 spiro atoms. The van der Waals surface area contributed by atoms with E-state index in [1.54, 1.807) is 12.4 Å². The zero-order valence-electron chi connectivity index (χ0n) is 11.6. The van der Waals surface area contributed by atoms with Crippen molar-refractivity contribution >= 4 is 11.0 Å². The second-order valence-electron chi connectivity index (χ2n) is 4.94. The molecule has 2 heterocycles. The minimum Gasteiger partial charge on any atom is -0.305 e. The average Bonchev–Trinajstić information content (AvgIpc) is 2.99. The van der Waals surface area contributed by atoms with Crippen molar-refractivity contribution in [3.63, 3.8) is 0 Å². The van der Waals surface area contributed by atoms with Crippen LogP contribution in [0.3, 0.4) is 0 Å². The van der Waals surface area contributed by atoms with Gasteiger partial charge in [-0.1, -0.05) is 24.3 Å². The van der Waals surface area contributed by atoms with Crippen molar-refractivity contribution in [1.29, 1.82) is 0 Å². The minimum atomic E-state index is -0.354. The zero-order valence-corrected chi connectivity index (χ0v) is 11.6. The third kappa shape index (κ3) is 2.09. The van der Waals surface area contributed by atoms with Crippen LogP contribution in [0.25, 0.3) is 28.0 Å². The standard InChI is InChI=1S/C17H12N4O/c22-17-18-9-8-14(20-17)12-6-7-16-15(10-12)19-11-21(16)13-4-2-1-3-5-13/h1-11H,(H,18,20,22). The molecule has 4 rings (SSSR count). The van der Waals surface area contributed by atoms with Crippen LogP contribution in [0, 0.1) is 0 Å². The fourth-order valence-electron chi connectivity index (χ4n) is 2.51. The SMILES string of the molecule is O=c1nccc(-c2ccc3c(c2)ncn3-c2ccccc2)[nH]1. The first-order valence-corrected chi connectivity index (χ1v) is 6.89. The predicted molar refractivity (Wildman–Crippen MR) is 84.9 cm³/mol. The van der Waals surface area contributed by atoms with Crippen molar-refractivity contribution in [2.45, 2.75) is 0 Å². The summed E-state index contributed by atoms with van der Waals surface area (Å²) in [4.78, 5) is 22.2. The number of nitrogens with zero attached hydrogens (tertiary/aromatic N) is 3. The van der Waals surface area contributed by atoms with Gasteiger partial charge in [0.2, 0.25) is 0 Å². The lowest BCUT2D eigenvalue weighted by Gasteiger charge is -2.05. The molecule has 0 radical (unpaired) electrons. The van der Waals surface area contributed by atoms with Gasteiger partial charge < -0.3 is 4.98 Å². The number of rotatable bonds is 2. The van der Waals surface area contributed by atoms with Gasteiger partial charge in [0.25, 0.3) is 0 Å². The number of aromatic nitrogens is 4. The first kappa shape index (κ1) is 12.5. The lowest BCUT2D eigenvalue weighted by Crippen LogP contribution is -2.09. The molecule has 0 fully saturated rings. The summed E-state index contributed by atoms with van der Waals surface area (Å²) in [6.07, 6.45) is 3.31. The molecule has 5 nitrogen and oxygen atoms in total. The Bertz CT molecular complexity index is 1000. The molecule has 2 aromatic heterocycles. The topological polar surface area (TPSA) is 63.6 Å². The van der Waals surface area contributed by atoms with Gasteiger partial charge in [0, 0.05) is 17.4 Å². The van der Waals surface area contributed by atoms with Crippen molar-refractivity contribution in [2.75, 3.05) is 0 Å². The monoisotopic (exact) mass is 288 g/mol. The summed E-state index contributed by atoms with van der Waals surface area (Å²) in [5, 5.41) is 0.